The Hall–Kier alpha value is -0.160. The monoisotopic (exact) mass is 165 g/mol. The maximum absolute atomic E-state index is 9.19. The molecule has 4 heteroatoms. The summed E-state index contributed by atoms with van der Waals surface area (Å²) in [6.45, 7) is 1.53. The summed E-state index contributed by atoms with van der Waals surface area (Å²) in [5.41, 5.74) is 3.60. The number of hydrogen-bond acceptors (Lipinski definition) is 4. The topological polar surface area (TPSA) is 86.7 Å². The van der Waals surface area contributed by atoms with E-state index in [1.165, 1.54) is 7.05 Å². The van der Waals surface area contributed by atoms with Gasteiger partial charge < -0.3 is 21.1 Å². The zero-order valence-corrected chi connectivity index (χ0v) is 7.25. The number of aliphatic hydroxyl groups is 3. The van der Waals surface area contributed by atoms with Crippen LogP contribution in [0.25, 0.3) is 0 Å². The van der Waals surface area contributed by atoms with Crippen LogP contribution in [0.4, 0.5) is 0 Å². The van der Waals surface area contributed by atoms with Crippen LogP contribution in [0.5, 0.6) is 0 Å². The van der Waals surface area contributed by atoms with Crippen LogP contribution in [0.3, 0.4) is 0 Å². The molecular formula is C7H19NO3. The summed E-state index contributed by atoms with van der Waals surface area (Å²) in [6.07, 6.45) is 0.654. The Kier molecular flexibility index (Phi) is 9.70. The molecule has 0 heterocycles. The van der Waals surface area contributed by atoms with E-state index in [2.05, 4.69) is 5.73 Å². The molecule has 0 atom stereocenters. The second kappa shape index (κ2) is 7.94. The fourth-order valence-electron chi connectivity index (χ4n) is 0.607. The van der Waals surface area contributed by atoms with E-state index in [1.807, 2.05) is 0 Å². The van der Waals surface area contributed by atoms with Gasteiger partial charge in [-0.1, -0.05) is 0 Å². The SMILES string of the molecule is CC(O)(CCO)CCO.CN. The van der Waals surface area contributed by atoms with Gasteiger partial charge in [0.25, 0.3) is 0 Å². The summed E-state index contributed by atoms with van der Waals surface area (Å²) >= 11 is 0. The number of aliphatic hydroxyl groups excluding tert-OH is 2. The second-order valence-corrected chi connectivity index (χ2v) is 2.44. The van der Waals surface area contributed by atoms with Gasteiger partial charge in [-0.2, -0.15) is 0 Å². The van der Waals surface area contributed by atoms with Crippen molar-refractivity contribution in [1.82, 2.24) is 0 Å². The van der Waals surface area contributed by atoms with Crippen LogP contribution in [-0.2, 0) is 0 Å². The van der Waals surface area contributed by atoms with Crippen molar-refractivity contribution in [1.29, 1.82) is 0 Å². The molecular weight excluding hydrogens is 146 g/mol. The zero-order valence-electron chi connectivity index (χ0n) is 7.25. The first-order valence-electron chi connectivity index (χ1n) is 3.64. The molecule has 0 fully saturated rings. The standard InChI is InChI=1S/C6H14O3.CH5N/c1-6(9,2-4-7)3-5-8;1-2/h7-9H,2-5H2,1H3;2H2,1H3. The number of rotatable bonds is 4. The van der Waals surface area contributed by atoms with Crippen molar-refractivity contribution >= 4 is 0 Å². The molecule has 0 aromatic heterocycles. The highest BCUT2D eigenvalue weighted by Crippen LogP contribution is 2.11. The molecule has 0 aliphatic carbocycles. The molecule has 0 aromatic rings. The van der Waals surface area contributed by atoms with Gasteiger partial charge in [-0.25, -0.2) is 0 Å². The van der Waals surface area contributed by atoms with Crippen molar-refractivity contribution in [3.63, 3.8) is 0 Å². The molecule has 0 saturated carbocycles. The van der Waals surface area contributed by atoms with Crippen molar-refractivity contribution in [3.05, 3.63) is 0 Å². The lowest BCUT2D eigenvalue weighted by Gasteiger charge is -2.20. The Bertz CT molecular complexity index is 68.1. The van der Waals surface area contributed by atoms with Gasteiger partial charge in [-0.3, -0.25) is 0 Å². The van der Waals surface area contributed by atoms with Crippen LogP contribution in [0.1, 0.15) is 19.8 Å². The van der Waals surface area contributed by atoms with Gasteiger partial charge >= 0.3 is 0 Å². The molecule has 0 bridgehead atoms. The molecule has 0 spiro atoms. The molecule has 0 aliphatic heterocycles. The summed E-state index contributed by atoms with van der Waals surface area (Å²) in [6, 6.07) is 0. The average molecular weight is 165 g/mol. The Morgan fingerprint density at radius 1 is 1.09 bits per heavy atom. The predicted molar refractivity (Wildman–Crippen MR) is 44.1 cm³/mol. The van der Waals surface area contributed by atoms with Crippen LogP contribution in [0.2, 0.25) is 0 Å². The van der Waals surface area contributed by atoms with Gasteiger partial charge in [-0.05, 0) is 26.8 Å². The molecule has 0 saturated heterocycles. The summed E-state index contributed by atoms with van der Waals surface area (Å²) in [4.78, 5) is 0. The fraction of sp³-hybridized carbons (Fsp3) is 1.00. The van der Waals surface area contributed by atoms with Crippen molar-refractivity contribution < 1.29 is 15.3 Å². The van der Waals surface area contributed by atoms with Crippen LogP contribution < -0.4 is 5.73 Å². The van der Waals surface area contributed by atoms with Gasteiger partial charge in [-0.15, -0.1) is 0 Å². The van der Waals surface area contributed by atoms with Crippen molar-refractivity contribution in [3.8, 4) is 0 Å². The summed E-state index contributed by atoms with van der Waals surface area (Å²) in [5.74, 6) is 0. The van der Waals surface area contributed by atoms with E-state index < -0.39 is 5.60 Å². The minimum Gasteiger partial charge on any atom is -0.396 e. The van der Waals surface area contributed by atoms with E-state index in [4.69, 9.17) is 10.2 Å². The number of nitrogens with two attached hydrogens (primary N) is 1. The maximum atomic E-state index is 9.19. The average Bonchev–Trinajstić information content (AvgIpc) is 1.91. The lowest BCUT2D eigenvalue weighted by molar-refractivity contribution is 0.0116. The summed E-state index contributed by atoms with van der Waals surface area (Å²) in [5, 5.41) is 26.0. The first-order valence-corrected chi connectivity index (χ1v) is 3.64. The van der Waals surface area contributed by atoms with Crippen LogP contribution in [-0.4, -0.2) is 41.2 Å². The third-order valence-corrected chi connectivity index (χ3v) is 1.30. The van der Waals surface area contributed by atoms with Gasteiger partial charge in [0.15, 0.2) is 0 Å². The van der Waals surface area contributed by atoms with Gasteiger partial charge in [0.1, 0.15) is 0 Å². The van der Waals surface area contributed by atoms with Gasteiger partial charge in [0, 0.05) is 13.2 Å². The fourth-order valence-corrected chi connectivity index (χ4v) is 0.607. The Balaban J connectivity index is 0. The largest absolute Gasteiger partial charge is 0.396 e. The van der Waals surface area contributed by atoms with Crippen molar-refractivity contribution in [2.24, 2.45) is 5.73 Å². The number of hydrogen-bond donors (Lipinski definition) is 4. The normalized spacial score (nSPS) is 10.4. The molecule has 0 rings (SSSR count). The lowest BCUT2D eigenvalue weighted by atomic mass is 10.00. The van der Waals surface area contributed by atoms with E-state index in [1.54, 1.807) is 6.92 Å². The van der Waals surface area contributed by atoms with Crippen molar-refractivity contribution in [2.75, 3.05) is 20.3 Å². The van der Waals surface area contributed by atoms with E-state index in [0.717, 1.165) is 0 Å². The van der Waals surface area contributed by atoms with Crippen molar-refractivity contribution in [2.45, 2.75) is 25.4 Å². The lowest BCUT2D eigenvalue weighted by Crippen LogP contribution is -2.26. The predicted octanol–water partition coefficient (Wildman–Crippen LogP) is -0.923. The Morgan fingerprint density at radius 3 is 1.55 bits per heavy atom. The molecule has 5 N–H and O–H groups in total. The molecule has 0 aliphatic rings. The zero-order chi connectivity index (χ0) is 9.33. The molecule has 0 radical (unpaired) electrons. The van der Waals surface area contributed by atoms with E-state index in [0.29, 0.717) is 12.8 Å². The van der Waals surface area contributed by atoms with E-state index in [-0.39, 0.29) is 13.2 Å². The Labute approximate surface area is 67.7 Å². The van der Waals surface area contributed by atoms with Crippen LogP contribution in [0, 0.1) is 0 Å². The smallest absolute Gasteiger partial charge is 0.0663 e. The summed E-state index contributed by atoms with van der Waals surface area (Å²) < 4.78 is 0. The maximum Gasteiger partial charge on any atom is 0.0663 e. The van der Waals surface area contributed by atoms with Crippen LogP contribution >= 0.6 is 0 Å². The molecule has 4 nitrogen and oxygen atoms in total. The van der Waals surface area contributed by atoms with Gasteiger partial charge in [0.2, 0.25) is 0 Å². The minimum absolute atomic E-state index is 0.0347. The third-order valence-electron chi connectivity index (χ3n) is 1.30. The minimum atomic E-state index is -0.899. The van der Waals surface area contributed by atoms with E-state index in [9.17, 15) is 5.11 Å². The molecule has 0 unspecified atom stereocenters. The first-order chi connectivity index (χ1) is 5.12. The molecule has 0 aromatic carbocycles. The second-order valence-electron chi connectivity index (χ2n) is 2.44. The molecule has 0 amide bonds. The highest BCUT2D eigenvalue weighted by atomic mass is 16.3. The molecule has 70 valence electrons. The first kappa shape index (κ1) is 13.4. The van der Waals surface area contributed by atoms with Gasteiger partial charge in [0.05, 0.1) is 5.60 Å². The summed E-state index contributed by atoms with van der Waals surface area (Å²) in [7, 11) is 1.50. The van der Waals surface area contributed by atoms with Crippen LogP contribution in [0.15, 0.2) is 0 Å². The Morgan fingerprint density at radius 2 is 1.36 bits per heavy atom. The van der Waals surface area contributed by atoms with E-state index >= 15 is 0 Å². The highest BCUT2D eigenvalue weighted by Gasteiger charge is 2.17. The third kappa shape index (κ3) is 9.84. The quantitative estimate of drug-likeness (QED) is 0.434. The highest BCUT2D eigenvalue weighted by molar-refractivity contribution is 4.70. The molecule has 11 heavy (non-hydrogen) atoms.